The molecule has 0 atom stereocenters. The van der Waals surface area contributed by atoms with Crippen molar-refractivity contribution in [3.63, 3.8) is 0 Å². The van der Waals surface area contributed by atoms with E-state index in [0.717, 1.165) is 6.42 Å². The van der Waals surface area contributed by atoms with E-state index in [1.807, 2.05) is 0 Å². The highest BCUT2D eigenvalue weighted by Gasteiger charge is 1.95. The molecule has 0 unspecified atom stereocenters. The first kappa shape index (κ1) is 24.5. The van der Waals surface area contributed by atoms with Gasteiger partial charge < -0.3 is 4.74 Å². The van der Waals surface area contributed by atoms with Gasteiger partial charge in [-0.25, -0.2) is 0 Å². The first-order valence-corrected chi connectivity index (χ1v) is 11.5. The van der Waals surface area contributed by atoms with Crippen LogP contribution in [0.4, 0.5) is 0 Å². The zero-order valence-electron chi connectivity index (χ0n) is 17.2. The van der Waals surface area contributed by atoms with Crippen LogP contribution in [0, 0.1) is 0 Å². The zero-order valence-corrected chi connectivity index (χ0v) is 17.2. The fourth-order valence-corrected chi connectivity index (χ4v) is 3.49. The highest BCUT2D eigenvalue weighted by Crippen LogP contribution is 2.14. The molecular formula is C23H46O2. The maximum atomic E-state index is 9.98. The number of hydrogen-bond acceptors (Lipinski definition) is 2. The van der Waals surface area contributed by atoms with Crippen LogP contribution in [-0.4, -0.2) is 13.1 Å². The Kier molecular flexibility index (Phi) is 23.0. The Morgan fingerprint density at radius 1 is 0.480 bits per heavy atom. The normalized spacial score (nSPS) is 10.9. The van der Waals surface area contributed by atoms with Crippen LogP contribution >= 0.6 is 0 Å². The summed E-state index contributed by atoms with van der Waals surface area (Å²) in [6.45, 7) is 3.44. The molecule has 0 aromatic carbocycles. The maximum Gasteiger partial charge on any atom is 0.293 e. The number of unbranched alkanes of at least 4 members (excludes halogenated alkanes) is 19. The Morgan fingerprint density at radius 2 is 0.760 bits per heavy atom. The largest absolute Gasteiger partial charge is 0.468 e. The molecule has 0 radical (unpaired) electrons. The number of rotatable bonds is 22. The lowest BCUT2D eigenvalue weighted by atomic mass is 10.0. The van der Waals surface area contributed by atoms with Crippen LogP contribution in [-0.2, 0) is 9.53 Å². The van der Waals surface area contributed by atoms with Gasteiger partial charge in [-0.2, -0.15) is 0 Å². The molecule has 0 N–H and O–H groups in total. The van der Waals surface area contributed by atoms with Gasteiger partial charge in [0.15, 0.2) is 0 Å². The lowest BCUT2D eigenvalue weighted by Gasteiger charge is -2.04. The fraction of sp³-hybridized carbons (Fsp3) is 0.957. The van der Waals surface area contributed by atoms with Crippen LogP contribution in [0.15, 0.2) is 0 Å². The predicted octanol–water partition coefficient (Wildman–Crippen LogP) is 7.98. The monoisotopic (exact) mass is 354 g/mol. The quantitative estimate of drug-likeness (QED) is 0.145. The summed E-state index contributed by atoms with van der Waals surface area (Å²) in [6, 6.07) is 0. The molecule has 0 bridgehead atoms. The molecule has 0 aromatic heterocycles. The van der Waals surface area contributed by atoms with Crippen LogP contribution in [0.3, 0.4) is 0 Å². The topological polar surface area (TPSA) is 26.3 Å². The van der Waals surface area contributed by atoms with Gasteiger partial charge in [0.25, 0.3) is 6.47 Å². The molecule has 0 aromatic rings. The highest BCUT2D eigenvalue weighted by atomic mass is 16.5. The summed E-state index contributed by atoms with van der Waals surface area (Å²) in [4.78, 5) is 9.98. The minimum absolute atomic E-state index is 0.551. The van der Waals surface area contributed by atoms with Crippen molar-refractivity contribution in [3.05, 3.63) is 0 Å². The molecule has 0 aliphatic heterocycles. The Bertz CT molecular complexity index is 240. The molecule has 0 aliphatic carbocycles. The number of carbonyl (C=O) groups is 1. The van der Waals surface area contributed by atoms with Crippen molar-refractivity contribution in [2.75, 3.05) is 6.61 Å². The molecule has 0 aliphatic rings. The van der Waals surface area contributed by atoms with E-state index in [1.165, 1.54) is 122 Å². The van der Waals surface area contributed by atoms with Crippen molar-refractivity contribution in [2.24, 2.45) is 0 Å². The van der Waals surface area contributed by atoms with Crippen LogP contribution < -0.4 is 0 Å². The second-order valence-electron chi connectivity index (χ2n) is 7.68. The Hall–Kier alpha value is -0.530. The molecule has 0 fully saturated rings. The van der Waals surface area contributed by atoms with E-state index >= 15 is 0 Å². The van der Waals surface area contributed by atoms with Gasteiger partial charge in [0, 0.05) is 0 Å². The molecule has 0 amide bonds. The third kappa shape index (κ3) is 23.5. The minimum Gasteiger partial charge on any atom is -0.468 e. The summed E-state index contributed by atoms with van der Waals surface area (Å²) < 4.78 is 4.69. The maximum absolute atomic E-state index is 9.98. The molecule has 2 nitrogen and oxygen atoms in total. The van der Waals surface area contributed by atoms with Gasteiger partial charge >= 0.3 is 0 Å². The van der Waals surface area contributed by atoms with Gasteiger partial charge in [-0.15, -0.1) is 0 Å². The van der Waals surface area contributed by atoms with Crippen LogP contribution in [0.25, 0.3) is 0 Å². The molecule has 0 saturated carbocycles. The van der Waals surface area contributed by atoms with Crippen molar-refractivity contribution < 1.29 is 9.53 Å². The van der Waals surface area contributed by atoms with E-state index in [9.17, 15) is 4.79 Å². The number of carbonyl (C=O) groups excluding carboxylic acids is 1. The second kappa shape index (κ2) is 23.5. The lowest BCUT2D eigenvalue weighted by molar-refractivity contribution is -0.128. The van der Waals surface area contributed by atoms with Crippen LogP contribution in [0.2, 0.25) is 0 Å². The summed E-state index contributed by atoms with van der Waals surface area (Å²) in [7, 11) is 0. The van der Waals surface area contributed by atoms with Gasteiger partial charge in [-0.05, 0) is 6.42 Å². The average molecular weight is 355 g/mol. The summed E-state index contributed by atoms with van der Waals surface area (Å²) >= 11 is 0. The van der Waals surface area contributed by atoms with Crippen LogP contribution in [0.5, 0.6) is 0 Å². The summed E-state index contributed by atoms with van der Waals surface area (Å²) in [5.41, 5.74) is 0. The Balaban J connectivity index is 2.95. The molecule has 0 spiro atoms. The van der Waals surface area contributed by atoms with Crippen LogP contribution in [0.1, 0.15) is 135 Å². The van der Waals surface area contributed by atoms with Crippen molar-refractivity contribution >= 4 is 6.47 Å². The molecule has 0 rings (SSSR count). The van der Waals surface area contributed by atoms with Gasteiger partial charge in [-0.1, -0.05) is 129 Å². The van der Waals surface area contributed by atoms with E-state index < -0.39 is 0 Å². The molecule has 2 heteroatoms. The van der Waals surface area contributed by atoms with Gasteiger partial charge in [0.1, 0.15) is 0 Å². The minimum atomic E-state index is 0.551. The third-order valence-corrected chi connectivity index (χ3v) is 5.18. The number of ether oxygens (including phenoxy) is 1. The smallest absolute Gasteiger partial charge is 0.293 e. The second-order valence-corrected chi connectivity index (χ2v) is 7.68. The average Bonchev–Trinajstić information content (AvgIpc) is 2.63. The highest BCUT2D eigenvalue weighted by molar-refractivity contribution is 5.36. The number of hydrogen-bond donors (Lipinski definition) is 0. The fourth-order valence-electron chi connectivity index (χ4n) is 3.49. The molecule has 150 valence electrons. The van der Waals surface area contributed by atoms with E-state index in [2.05, 4.69) is 11.7 Å². The zero-order chi connectivity index (χ0) is 18.3. The van der Waals surface area contributed by atoms with Gasteiger partial charge in [0.2, 0.25) is 0 Å². The van der Waals surface area contributed by atoms with Crippen molar-refractivity contribution in [1.29, 1.82) is 0 Å². The van der Waals surface area contributed by atoms with Crippen molar-refractivity contribution in [2.45, 2.75) is 135 Å². The molecule has 0 saturated heterocycles. The SMILES string of the molecule is CCCCCCCCCCCCCCCCCCCCCCOC=O. The first-order valence-electron chi connectivity index (χ1n) is 11.5. The molecular weight excluding hydrogens is 308 g/mol. The van der Waals surface area contributed by atoms with E-state index in [1.54, 1.807) is 0 Å². The molecule has 25 heavy (non-hydrogen) atoms. The Morgan fingerprint density at radius 3 is 1.04 bits per heavy atom. The van der Waals surface area contributed by atoms with E-state index in [0.29, 0.717) is 13.1 Å². The summed E-state index contributed by atoms with van der Waals surface area (Å²) in [6.07, 6.45) is 27.9. The van der Waals surface area contributed by atoms with Gasteiger partial charge in [-0.3, -0.25) is 4.79 Å². The summed E-state index contributed by atoms with van der Waals surface area (Å²) in [5.74, 6) is 0. The predicted molar refractivity (Wildman–Crippen MR) is 110 cm³/mol. The third-order valence-electron chi connectivity index (χ3n) is 5.18. The van der Waals surface area contributed by atoms with E-state index in [-0.39, 0.29) is 0 Å². The van der Waals surface area contributed by atoms with Crippen molar-refractivity contribution in [3.8, 4) is 0 Å². The van der Waals surface area contributed by atoms with E-state index in [4.69, 9.17) is 0 Å². The van der Waals surface area contributed by atoms with Crippen molar-refractivity contribution in [1.82, 2.24) is 0 Å². The summed E-state index contributed by atoms with van der Waals surface area (Å²) in [5, 5.41) is 0. The molecule has 0 heterocycles. The van der Waals surface area contributed by atoms with Gasteiger partial charge in [0.05, 0.1) is 6.61 Å². The Labute approximate surface area is 158 Å². The standard InChI is InChI=1S/C23H46O2/c1-2-3-4-5-6-7-8-9-10-11-12-13-14-15-16-17-18-19-20-21-22-25-23-24/h23H,2-22H2,1H3. The lowest BCUT2D eigenvalue weighted by Crippen LogP contribution is -1.91. The first-order chi connectivity index (χ1) is 12.4.